The van der Waals surface area contributed by atoms with Gasteiger partial charge >= 0.3 is 5.97 Å². The number of ether oxygens (including phenoxy) is 1. The highest BCUT2D eigenvalue weighted by Gasteiger charge is 2.09. The van der Waals surface area contributed by atoms with Gasteiger partial charge in [0.05, 0.1) is 5.56 Å². The van der Waals surface area contributed by atoms with Crippen molar-refractivity contribution >= 4 is 11.7 Å². The summed E-state index contributed by atoms with van der Waals surface area (Å²) < 4.78 is 5.06. The second kappa shape index (κ2) is 5.36. The van der Waals surface area contributed by atoms with Crippen LogP contribution < -0.4 is 5.73 Å². The number of carbonyl (C=O) groups is 1. The molecule has 1 rings (SSSR count). The van der Waals surface area contributed by atoms with Gasteiger partial charge in [-0.05, 0) is 26.2 Å². The molecule has 0 heterocycles. The van der Waals surface area contributed by atoms with Gasteiger partial charge in [-0.3, -0.25) is 0 Å². The quantitative estimate of drug-likeness (QED) is 0.592. The van der Waals surface area contributed by atoms with E-state index in [4.69, 9.17) is 10.5 Å². The number of para-hydroxylation sites is 1. The van der Waals surface area contributed by atoms with Crippen LogP contribution in [-0.2, 0) is 4.74 Å². The maximum Gasteiger partial charge on any atom is 0.340 e. The van der Waals surface area contributed by atoms with E-state index in [9.17, 15) is 4.79 Å². The first kappa shape index (κ1) is 11.5. The highest BCUT2D eigenvalue weighted by atomic mass is 16.5. The van der Waals surface area contributed by atoms with Crippen molar-refractivity contribution < 1.29 is 9.53 Å². The van der Waals surface area contributed by atoms with Crippen molar-refractivity contribution in [1.29, 1.82) is 0 Å². The fraction of sp³-hybridized carbons (Fsp3) is 0.364. The average molecular weight is 208 g/mol. The van der Waals surface area contributed by atoms with Crippen LogP contribution in [0.2, 0.25) is 0 Å². The molecule has 0 saturated carbocycles. The van der Waals surface area contributed by atoms with E-state index in [1.165, 1.54) is 0 Å². The first-order valence-corrected chi connectivity index (χ1v) is 4.77. The van der Waals surface area contributed by atoms with Gasteiger partial charge in [-0.1, -0.05) is 12.1 Å². The number of benzene rings is 1. The van der Waals surface area contributed by atoms with E-state index < -0.39 is 0 Å². The molecule has 0 atom stereocenters. The Hall–Kier alpha value is -1.55. The molecule has 2 N–H and O–H groups in total. The van der Waals surface area contributed by atoms with E-state index in [1.54, 1.807) is 24.3 Å². The third-order valence-corrected chi connectivity index (χ3v) is 1.95. The second-order valence-corrected chi connectivity index (χ2v) is 3.53. The molecule has 1 aromatic rings. The molecule has 0 aliphatic carbocycles. The molecule has 0 radical (unpaired) electrons. The molecule has 0 aromatic heterocycles. The largest absolute Gasteiger partial charge is 0.461 e. The summed E-state index contributed by atoms with van der Waals surface area (Å²) in [4.78, 5) is 13.5. The van der Waals surface area contributed by atoms with Crippen LogP contribution in [0.5, 0.6) is 0 Å². The second-order valence-electron chi connectivity index (χ2n) is 3.53. The van der Waals surface area contributed by atoms with E-state index in [-0.39, 0.29) is 5.97 Å². The van der Waals surface area contributed by atoms with E-state index in [1.807, 2.05) is 19.0 Å². The molecule has 1 aromatic carbocycles. The van der Waals surface area contributed by atoms with Crippen molar-refractivity contribution in [2.75, 3.05) is 33.0 Å². The third-order valence-electron chi connectivity index (χ3n) is 1.95. The zero-order valence-electron chi connectivity index (χ0n) is 9.06. The molecule has 0 aliphatic rings. The molecule has 4 heteroatoms. The average Bonchev–Trinajstić information content (AvgIpc) is 2.17. The number of rotatable bonds is 4. The number of carbonyl (C=O) groups excluding carboxylic acids is 1. The molecule has 0 bridgehead atoms. The normalized spacial score (nSPS) is 10.3. The molecule has 0 spiro atoms. The van der Waals surface area contributed by atoms with Gasteiger partial charge in [-0.15, -0.1) is 0 Å². The van der Waals surface area contributed by atoms with Gasteiger partial charge in [0.2, 0.25) is 0 Å². The number of likely N-dealkylation sites (N-methyl/N-ethyl adjacent to an activating group) is 1. The summed E-state index contributed by atoms with van der Waals surface area (Å²) in [6.45, 7) is 1.08. The molecule has 4 nitrogen and oxygen atoms in total. The number of nitrogen functional groups attached to an aromatic ring is 1. The van der Waals surface area contributed by atoms with Crippen molar-refractivity contribution in [3.63, 3.8) is 0 Å². The molecule has 0 fully saturated rings. The van der Waals surface area contributed by atoms with Crippen LogP contribution in [0.4, 0.5) is 5.69 Å². The van der Waals surface area contributed by atoms with Crippen LogP contribution in [0.25, 0.3) is 0 Å². The summed E-state index contributed by atoms with van der Waals surface area (Å²) in [5.41, 5.74) is 6.52. The third kappa shape index (κ3) is 3.59. The van der Waals surface area contributed by atoms with Gasteiger partial charge in [0.15, 0.2) is 0 Å². The lowest BCUT2D eigenvalue weighted by Crippen LogP contribution is -2.20. The van der Waals surface area contributed by atoms with Crippen LogP contribution in [0.1, 0.15) is 10.4 Å². The van der Waals surface area contributed by atoms with Crippen molar-refractivity contribution in [2.24, 2.45) is 0 Å². The fourth-order valence-electron chi connectivity index (χ4n) is 1.08. The summed E-state index contributed by atoms with van der Waals surface area (Å²) in [5, 5.41) is 0. The summed E-state index contributed by atoms with van der Waals surface area (Å²) in [5.74, 6) is -0.366. The number of hydrogen-bond donors (Lipinski definition) is 1. The number of nitrogens with two attached hydrogens (primary N) is 1. The zero-order valence-corrected chi connectivity index (χ0v) is 9.06. The van der Waals surface area contributed by atoms with Crippen LogP contribution in [0, 0.1) is 0 Å². The Morgan fingerprint density at radius 3 is 2.67 bits per heavy atom. The number of nitrogens with zero attached hydrogens (tertiary/aromatic N) is 1. The van der Waals surface area contributed by atoms with Crippen LogP contribution in [-0.4, -0.2) is 38.1 Å². The lowest BCUT2D eigenvalue weighted by Gasteiger charge is -2.10. The Morgan fingerprint density at radius 1 is 1.40 bits per heavy atom. The zero-order chi connectivity index (χ0) is 11.3. The van der Waals surface area contributed by atoms with E-state index in [0.29, 0.717) is 24.4 Å². The minimum absolute atomic E-state index is 0.366. The Balaban J connectivity index is 2.51. The van der Waals surface area contributed by atoms with E-state index >= 15 is 0 Å². The summed E-state index contributed by atoms with van der Waals surface area (Å²) in [7, 11) is 3.84. The molecule has 15 heavy (non-hydrogen) atoms. The summed E-state index contributed by atoms with van der Waals surface area (Å²) in [6.07, 6.45) is 0. The molecule has 0 saturated heterocycles. The molecule has 82 valence electrons. The standard InChI is InChI=1S/C11H16N2O2/c1-13(2)7-8-15-11(14)9-5-3-4-6-10(9)12/h3-6H,7-8,12H2,1-2H3. The van der Waals surface area contributed by atoms with Crippen molar-refractivity contribution in [3.8, 4) is 0 Å². The predicted molar refractivity (Wildman–Crippen MR) is 59.7 cm³/mol. The van der Waals surface area contributed by atoms with Gasteiger partial charge in [-0.25, -0.2) is 4.79 Å². The Labute approximate surface area is 89.6 Å². The topological polar surface area (TPSA) is 55.6 Å². The minimum atomic E-state index is -0.366. The number of hydrogen-bond acceptors (Lipinski definition) is 4. The highest BCUT2D eigenvalue weighted by Crippen LogP contribution is 2.11. The fourth-order valence-corrected chi connectivity index (χ4v) is 1.08. The highest BCUT2D eigenvalue weighted by molar-refractivity contribution is 5.94. The molecule has 0 unspecified atom stereocenters. The number of anilines is 1. The van der Waals surface area contributed by atoms with Crippen LogP contribution in [0.15, 0.2) is 24.3 Å². The van der Waals surface area contributed by atoms with Gasteiger partial charge < -0.3 is 15.4 Å². The lowest BCUT2D eigenvalue weighted by atomic mass is 10.2. The van der Waals surface area contributed by atoms with Gasteiger partial charge in [0.25, 0.3) is 0 Å². The smallest absolute Gasteiger partial charge is 0.340 e. The Bertz CT molecular complexity index is 337. The number of esters is 1. The monoisotopic (exact) mass is 208 g/mol. The Morgan fingerprint density at radius 2 is 2.07 bits per heavy atom. The summed E-state index contributed by atoms with van der Waals surface area (Å²) >= 11 is 0. The van der Waals surface area contributed by atoms with Crippen molar-refractivity contribution in [3.05, 3.63) is 29.8 Å². The predicted octanol–water partition coefficient (Wildman–Crippen LogP) is 0.987. The molecular weight excluding hydrogens is 192 g/mol. The van der Waals surface area contributed by atoms with Crippen LogP contribution in [0.3, 0.4) is 0 Å². The Kier molecular flexibility index (Phi) is 4.12. The molecular formula is C11H16N2O2. The van der Waals surface area contributed by atoms with Crippen molar-refractivity contribution in [2.45, 2.75) is 0 Å². The van der Waals surface area contributed by atoms with E-state index in [2.05, 4.69) is 0 Å². The maximum atomic E-state index is 11.5. The summed E-state index contributed by atoms with van der Waals surface area (Å²) in [6, 6.07) is 6.89. The molecule has 0 aliphatic heterocycles. The lowest BCUT2D eigenvalue weighted by molar-refractivity contribution is 0.0483. The van der Waals surface area contributed by atoms with Gasteiger partial charge in [0, 0.05) is 12.2 Å². The minimum Gasteiger partial charge on any atom is -0.461 e. The van der Waals surface area contributed by atoms with Crippen LogP contribution >= 0.6 is 0 Å². The van der Waals surface area contributed by atoms with Crippen molar-refractivity contribution in [1.82, 2.24) is 4.90 Å². The van der Waals surface area contributed by atoms with Gasteiger partial charge in [0.1, 0.15) is 6.61 Å². The first-order valence-electron chi connectivity index (χ1n) is 4.77. The maximum absolute atomic E-state index is 11.5. The SMILES string of the molecule is CN(C)CCOC(=O)c1ccccc1N. The molecule has 0 amide bonds. The van der Waals surface area contributed by atoms with E-state index in [0.717, 1.165) is 0 Å². The first-order chi connectivity index (χ1) is 7.11. The van der Waals surface area contributed by atoms with Gasteiger partial charge in [-0.2, -0.15) is 0 Å².